The number of allylic oxidation sites excluding steroid dienone is 2. The predicted octanol–water partition coefficient (Wildman–Crippen LogP) is 5.54. The lowest BCUT2D eigenvalue weighted by Gasteiger charge is -2.37. The van der Waals surface area contributed by atoms with E-state index >= 15 is 0 Å². The Morgan fingerprint density at radius 1 is 0.909 bits per heavy atom. The predicted molar refractivity (Wildman–Crippen MR) is 170 cm³/mol. The van der Waals surface area contributed by atoms with Crippen molar-refractivity contribution >= 4 is 17.8 Å². The van der Waals surface area contributed by atoms with E-state index in [0.717, 1.165) is 36.0 Å². The molecule has 1 saturated carbocycles. The molecule has 7 nitrogen and oxygen atoms in total. The van der Waals surface area contributed by atoms with Gasteiger partial charge >= 0.3 is 5.97 Å². The molecule has 44 heavy (non-hydrogen) atoms. The molecule has 5 rings (SSSR count). The first kappa shape index (κ1) is 32.0. The summed E-state index contributed by atoms with van der Waals surface area (Å²) in [5, 5.41) is 13.3. The number of hydrogen-bond acceptors (Lipinski definition) is 5. The van der Waals surface area contributed by atoms with Gasteiger partial charge in [0.1, 0.15) is 6.61 Å². The summed E-state index contributed by atoms with van der Waals surface area (Å²) in [6, 6.07) is 17.5. The van der Waals surface area contributed by atoms with Crippen molar-refractivity contribution in [2.75, 3.05) is 13.2 Å². The monoisotopic (exact) mass is 600 g/mol. The fourth-order valence-electron chi connectivity index (χ4n) is 7.14. The summed E-state index contributed by atoms with van der Waals surface area (Å²) in [7, 11) is 0. The number of fused-ring (bicyclic) bond motifs is 1. The van der Waals surface area contributed by atoms with Crippen LogP contribution in [-0.2, 0) is 38.5 Å². The van der Waals surface area contributed by atoms with E-state index in [1.165, 1.54) is 19.3 Å². The van der Waals surface area contributed by atoms with Gasteiger partial charge in [-0.1, -0.05) is 98.9 Å². The van der Waals surface area contributed by atoms with Gasteiger partial charge in [0.2, 0.25) is 11.8 Å². The molecule has 0 spiro atoms. The molecule has 0 bridgehead atoms. The molecule has 4 atom stereocenters. The lowest BCUT2D eigenvalue weighted by molar-refractivity contribution is -0.150. The highest BCUT2D eigenvalue weighted by atomic mass is 16.5. The highest BCUT2D eigenvalue weighted by Gasteiger charge is 2.33. The SMILES string of the molecule is O=C1N[C@@H](CC2CCCCC2)COC(=O)[C@@H](Cc2ccccc2)CCC=CC[C@@H]1CC(=O)N1Cc2ccccc2C[C@H]1CO. The number of carbonyl (C=O) groups is 3. The average Bonchev–Trinajstić information content (AvgIpc) is 3.06. The summed E-state index contributed by atoms with van der Waals surface area (Å²) in [5.41, 5.74) is 3.35. The van der Waals surface area contributed by atoms with Gasteiger partial charge < -0.3 is 20.1 Å². The first-order valence-corrected chi connectivity index (χ1v) is 16.6. The molecule has 7 heteroatoms. The first-order valence-electron chi connectivity index (χ1n) is 16.6. The number of nitrogens with zero attached hydrogens (tertiary/aromatic N) is 1. The van der Waals surface area contributed by atoms with Crippen molar-refractivity contribution in [1.82, 2.24) is 10.2 Å². The minimum absolute atomic E-state index is 0.0708. The number of ether oxygens (including phenoxy) is 1. The zero-order valence-electron chi connectivity index (χ0n) is 25.9. The van der Waals surface area contributed by atoms with Crippen molar-refractivity contribution in [3.63, 3.8) is 0 Å². The second-order valence-corrected chi connectivity index (χ2v) is 13.0. The van der Waals surface area contributed by atoms with Crippen LogP contribution in [0.25, 0.3) is 0 Å². The Bertz CT molecular complexity index is 1270. The van der Waals surface area contributed by atoms with Gasteiger partial charge in [-0.15, -0.1) is 0 Å². The molecule has 1 aliphatic carbocycles. The Morgan fingerprint density at radius 2 is 1.66 bits per heavy atom. The van der Waals surface area contributed by atoms with E-state index in [1.807, 2.05) is 60.7 Å². The quantitative estimate of drug-likeness (QED) is 0.322. The summed E-state index contributed by atoms with van der Waals surface area (Å²) < 4.78 is 5.94. The van der Waals surface area contributed by atoms with Crippen molar-refractivity contribution in [2.24, 2.45) is 17.8 Å². The zero-order chi connectivity index (χ0) is 30.7. The van der Waals surface area contributed by atoms with Crippen LogP contribution in [0.2, 0.25) is 0 Å². The van der Waals surface area contributed by atoms with Gasteiger partial charge in [-0.2, -0.15) is 0 Å². The number of esters is 1. The van der Waals surface area contributed by atoms with E-state index in [1.54, 1.807) is 4.90 Å². The molecule has 0 unspecified atom stereocenters. The van der Waals surface area contributed by atoms with Gasteiger partial charge in [-0.25, -0.2) is 0 Å². The molecular weight excluding hydrogens is 552 g/mol. The number of rotatable bonds is 7. The molecule has 236 valence electrons. The minimum Gasteiger partial charge on any atom is -0.463 e. The Kier molecular flexibility index (Phi) is 11.6. The second-order valence-electron chi connectivity index (χ2n) is 13.0. The molecule has 2 amide bonds. The number of carbonyl (C=O) groups excluding carboxylic acids is 3. The normalized spacial score (nSPS) is 25.5. The van der Waals surface area contributed by atoms with Crippen LogP contribution in [0.15, 0.2) is 66.7 Å². The third-order valence-corrected chi connectivity index (χ3v) is 9.72. The molecule has 2 aromatic carbocycles. The van der Waals surface area contributed by atoms with Crippen LogP contribution in [0.5, 0.6) is 0 Å². The largest absolute Gasteiger partial charge is 0.463 e. The molecule has 2 heterocycles. The summed E-state index contributed by atoms with van der Waals surface area (Å²) in [6.07, 6.45) is 13.8. The fourth-order valence-corrected chi connectivity index (χ4v) is 7.14. The average molecular weight is 601 g/mol. The van der Waals surface area contributed by atoms with Crippen molar-refractivity contribution in [2.45, 2.75) is 95.7 Å². The summed E-state index contributed by atoms with van der Waals surface area (Å²) in [4.78, 5) is 42.6. The Morgan fingerprint density at radius 3 is 2.43 bits per heavy atom. The van der Waals surface area contributed by atoms with Crippen LogP contribution in [0, 0.1) is 17.8 Å². The highest BCUT2D eigenvalue weighted by molar-refractivity contribution is 5.86. The van der Waals surface area contributed by atoms with Crippen LogP contribution in [0.3, 0.4) is 0 Å². The van der Waals surface area contributed by atoms with Gasteiger partial charge in [-0.05, 0) is 61.1 Å². The van der Waals surface area contributed by atoms with Crippen molar-refractivity contribution in [3.8, 4) is 0 Å². The topological polar surface area (TPSA) is 95.9 Å². The number of amides is 2. The van der Waals surface area contributed by atoms with Gasteiger partial charge in [-0.3, -0.25) is 14.4 Å². The molecule has 2 aliphatic heterocycles. The van der Waals surface area contributed by atoms with E-state index in [-0.39, 0.29) is 55.4 Å². The number of aliphatic hydroxyl groups is 1. The number of hydrogen-bond donors (Lipinski definition) is 2. The molecular formula is C37H48N2O5. The van der Waals surface area contributed by atoms with Crippen LogP contribution < -0.4 is 5.32 Å². The minimum atomic E-state index is -0.541. The number of cyclic esters (lactones) is 1. The van der Waals surface area contributed by atoms with Crippen molar-refractivity contribution in [3.05, 3.63) is 83.4 Å². The van der Waals surface area contributed by atoms with Gasteiger partial charge in [0, 0.05) is 13.0 Å². The Balaban J connectivity index is 1.31. The standard InChI is InChI=1S/C37H48N2O5/c40-25-34-22-29-16-10-11-19-32(29)24-39(34)35(41)23-30-17-8-3-9-18-31(20-27-12-4-1-5-13-27)37(43)44-26-33(38-36(30)42)21-28-14-6-2-7-15-28/h1,3-5,8,10-13,16,19,28,30-31,33-34,40H,2,6-7,9,14-15,17-18,20-26H2,(H,38,42)/t30-,31-,33+,34+/m1/s1. The number of nitrogens with one attached hydrogen (secondary N) is 1. The van der Waals surface area contributed by atoms with Crippen LogP contribution >= 0.6 is 0 Å². The van der Waals surface area contributed by atoms with E-state index in [4.69, 9.17) is 4.74 Å². The third kappa shape index (κ3) is 8.81. The van der Waals surface area contributed by atoms with Gasteiger partial charge in [0.15, 0.2) is 0 Å². The zero-order valence-corrected chi connectivity index (χ0v) is 25.9. The number of aliphatic hydroxyl groups excluding tert-OH is 1. The van der Waals surface area contributed by atoms with Crippen LogP contribution in [-0.4, -0.2) is 53.1 Å². The van der Waals surface area contributed by atoms with Gasteiger partial charge in [0.25, 0.3) is 0 Å². The Labute approximate surface area is 262 Å². The van der Waals surface area contributed by atoms with Crippen LogP contribution in [0.1, 0.15) is 80.9 Å². The second kappa shape index (κ2) is 16.0. The van der Waals surface area contributed by atoms with Crippen LogP contribution in [0.4, 0.5) is 0 Å². The molecule has 0 saturated heterocycles. The Hall–Kier alpha value is -3.45. The summed E-state index contributed by atoms with van der Waals surface area (Å²) in [5.74, 6) is -0.810. The third-order valence-electron chi connectivity index (χ3n) is 9.72. The van der Waals surface area contributed by atoms with E-state index in [2.05, 4.69) is 11.4 Å². The maximum absolute atomic E-state index is 13.8. The molecule has 0 aromatic heterocycles. The smallest absolute Gasteiger partial charge is 0.309 e. The molecule has 2 aromatic rings. The lowest BCUT2D eigenvalue weighted by Crippen LogP contribution is -2.48. The van der Waals surface area contributed by atoms with E-state index < -0.39 is 5.92 Å². The fraction of sp³-hybridized carbons (Fsp3) is 0.541. The molecule has 3 aliphatic rings. The highest BCUT2D eigenvalue weighted by Crippen LogP contribution is 2.29. The van der Waals surface area contributed by atoms with Crippen molar-refractivity contribution < 1.29 is 24.2 Å². The molecule has 1 fully saturated rings. The molecule has 2 N–H and O–H groups in total. The summed E-state index contributed by atoms with van der Waals surface area (Å²) >= 11 is 0. The maximum Gasteiger partial charge on any atom is 0.309 e. The first-order chi connectivity index (χ1) is 21.5. The van der Waals surface area contributed by atoms with E-state index in [0.29, 0.717) is 44.6 Å². The van der Waals surface area contributed by atoms with E-state index in [9.17, 15) is 19.5 Å². The summed E-state index contributed by atoms with van der Waals surface area (Å²) in [6.45, 7) is 0.471. The lowest BCUT2D eigenvalue weighted by atomic mass is 9.84. The van der Waals surface area contributed by atoms with Crippen molar-refractivity contribution in [1.29, 1.82) is 0 Å². The molecule has 0 radical (unpaired) electrons. The van der Waals surface area contributed by atoms with Gasteiger partial charge in [0.05, 0.1) is 30.5 Å². The maximum atomic E-state index is 13.8. The number of benzene rings is 2.